The summed E-state index contributed by atoms with van der Waals surface area (Å²) >= 11 is 1.28. The molecule has 34 heavy (non-hydrogen) atoms. The lowest BCUT2D eigenvalue weighted by Gasteiger charge is -2.06. The third-order valence-electron chi connectivity index (χ3n) is 4.87. The highest BCUT2D eigenvalue weighted by Crippen LogP contribution is 2.28. The van der Waals surface area contributed by atoms with Crippen molar-refractivity contribution in [3.63, 3.8) is 0 Å². The molecule has 0 unspecified atom stereocenters. The average molecular weight is 474 g/mol. The zero-order chi connectivity index (χ0) is 23.5. The number of thiazole rings is 1. The van der Waals surface area contributed by atoms with Crippen molar-refractivity contribution in [2.45, 2.75) is 13.5 Å². The van der Waals surface area contributed by atoms with E-state index in [-0.39, 0.29) is 11.8 Å². The number of benzene rings is 1. The van der Waals surface area contributed by atoms with Crippen LogP contribution in [0.1, 0.15) is 23.2 Å². The quantitative estimate of drug-likeness (QED) is 0.353. The molecule has 0 saturated heterocycles. The number of aromatic nitrogens is 3. The Balaban J connectivity index is 1.38. The van der Waals surface area contributed by atoms with Crippen molar-refractivity contribution >= 4 is 28.3 Å². The smallest absolute Gasteiger partial charge is 0.276 e. The number of hydrogen-bond acceptors (Lipinski definition) is 7. The highest BCUT2D eigenvalue weighted by atomic mass is 32.1. The lowest BCUT2D eigenvalue weighted by atomic mass is 10.2. The van der Waals surface area contributed by atoms with Gasteiger partial charge in [-0.1, -0.05) is 18.2 Å². The summed E-state index contributed by atoms with van der Waals surface area (Å²) in [5, 5.41) is 12.3. The number of rotatable bonds is 7. The van der Waals surface area contributed by atoms with Crippen LogP contribution in [0.25, 0.3) is 28.6 Å². The van der Waals surface area contributed by atoms with E-state index in [9.17, 15) is 9.59 Å². The van der Waals surface area contributed by atoms with Gasteiger partial charge in [0.15, 0.2) is 16.7 Å². The number of carbonyl (C=O) groups is 2. The number of carbonyl (C=O) groups excluding carboxylic acids is 2. The second kappa shape index (κ2) is 9.20. The van der Waals surface area contributed by atoms with E-state index in [4.69, 9.17) is 8.83 Å². The Labute approximate surface area is 198 Å². The molecule has 0 aliphatic rings. The molecule has 0 bridgehead atoms. The van der Waals surface area contributed by atoms with Crippen molar-refractivity contribution in [1.82, 2.24) is 20.1 Å². The fourth-order valence-corrected chi connectivity index (χ4v) is 3.98. The first-order valence-corrected chi connectivity index (χ1v) is 11.2. The molecule has 0 atom stereocenters. The second-order valence-electron chi connectivity index (χ2n) is 7.31. The molecule has 0 saturated carbocycles. The van der Waals surface area contributed by atoms with Gasteiger partial charge in [0, 0.05) is 18.4 Å². The molecule has 0 fully saturated rings. The summed E-state index contributed by atoms with van der Waals surface area (Å²) in [5.41, 5.74) is 2.21. The van der Waals surface area contributed by atoms with Crippen molar-refractivity contribution in [3.8, 4) is 28.6 Å². The van der Waals surface area contributed by atoms with Gasteiger partial charge in [0.05, 0.1) is 18.5 Å². The van der Waals surface area contributed by atoms with E-state index in [1.165, 1.54) is 18.3 Å². The Morgan fingerprint density at radius 1 is 1.03 bits per heavy atom. The summed E-state index contributed by atoms with van der Waals surface area (Å²) in [6.45, 7) is 1.74. The summed E-state index contributed by atoms with van der Waals surface area (Å²) in [7, 11) is 0. The van der Waals surface area contributed by atoms with E-state index in [0.717, 1.165) is 5.69 Å². The molecule has 0 spiro atoms. The van der Waals surface area contributed by atoms with Gasteiger partial charge in [-0.05, 0) is 36.4 Å². The van der Waals surface area contributed by atoms with Crippen molar-refractivity contribution in [2.24, 2.45) is 0 Å². The van der Waals surface area contributed by atoms with Gasteiger partial charge in [0.2, 0.25) is 5.91 Å². The number of hydrogen-bond donors (Lipinski definition) is 2. The third-order valence-corrected chi connectivity index (χ3v) is 5.62. The van der Waals surface area contributed by atoms with E-state index < -0.39 is 0 Å². The van der Waals surface area contributed by atoms with Crippen LogP contribution in [0.4, 0.5) is 5.13 Å². The standard InChI is InChI=1S/C24H19N5O4S/c1-15(30)25-13-17-9-10-22(33-17)19-14-34-24(26-19)27-23(31)20-12-18(21-8-5-11-32-21)28-29(20)16-6-3-2-4-7-16/h2-12,14H,13H2,1H3,(H,25,30)(H,26,27,31). The fourth-order valence-electron chi connectivity index (χ4n) is 3.28. The second-order valence-corrected chi connectivity index (χ2v) is 8.17. The normalized spacial score (nSPS) is 10.9. The topological polar surface area (TPSA) is 115 Å². The maximum atomic E-state index is 13.2. The molecule has 1 aromatic carbocycles. The van der Waals surface area contributed by atoms with Gasteiger partial charge in [-0.25, -0.2) is 9.67 Å². The molecule has 10 heteroatoms. The Bertz CT molecular complexity index is 1430. The van der Waals surface area contributed by atoms with Crippen LogP contribution in [0.15, 0.2) is 81.1 Å². The fraction of sp³-hybridized carbons (Fsp3) is 0.0833. The number of nitrogens with one attached hydrogen (secondary N) is 2. The summed E-state index contributed by atoms with van der Waals surface area (Å²) in [4.78, 5) is 28.7. The lowest BCUT2D eigenvalue weighted by Crippen LogP contribution is -2.18. The minimum atomic E-state index is -0.360. The minimum absolute atomic E-state index is 0.137. The maximum Gasteiger partial charge on any atom is 0.276 e. The van der Waals surface area contributed by atoms with E-state index in [0.29, 0.717) is 46.0 Å². The molecular formula is C24H19N5O4S. The van der Waals surface area contributed by atoms with Crippen LogP contribution in [0.2, 0.25) is 0 Å². The first-order chi connectivity index (χ1) is 16.6. The van der Waals surface area contributed by atoms with Crippen LogP contribution in [-0.2, 0) is 11.3 Å². The third kappa shape index (κ3) is 4.52. The molecule has 0 aliphatic heterocycles. The molecule has 9 nitrogen and oxygen atoms in total. The van der Waals surface area contributed by atoms with Crippen LogP contribution in [0.5, 0.6) is 0 Å². The summed E-state index contributed by atoms with van der Waals surface area (Å²) in [6, 6.07) is 18.2. The van der Waals surface area contributed by atoms with Crippen LogP contribution >= 0.6 is 11.3 Å². The SMILES string of the molecule is CC(=O)NCc1ccc(-c2csc(NC(=O)c3cc(-c4ccco4)nn3-c3ccccc3)n2)o1. The maximum absolute atomic E-state index is 13.2. The molecule has 4 heterocycles. The number of para-hydroxylation sites is 1. The summed E-state index contributed by atoms with van der Waals surface area (Å²) in [5.74, 6) is 1.23. The Kier molecular flexibility index (Phi) is 5.79. The monoisotopic (exact) mass is 473 g/mol. The largest absolute Gasteiger partial charge is 0.463 e. The minimum Gasteiger partial charge on any atom is -0.463 e. The Morgan fingerprint density at radius 3 is 2.65 bits per heavy atom. The van der Waals surface area contributed by atoms with E-state index in [2.05, 4.69) is 20.7 Å². The summed E-state index contributed by atoms with van der Waals surface area (Å²) in [6.07, 6.45) is 1.56. The zero-order valence-electron chi connectivity index (χ0n) is 18.0. The first kappa shape index (κ1) is 21.4. The molecule has 0 radical (unpaired) electrons. The van der Waals surface area contributed by atoms with Crippen LogP contribution in [-0.4, -0.2) is 26.6 Å². The summed E-state index contributed by atoms with van der Waals surface area (Å²) < 4.78 is 12.8. The molecule has 2 N–H and O–H groups in total. The van der Waals surface area contributed by atoms with Gasteiger partial charge in [0.1, 0.15) is 22.8 Å². The predicted octanol–water partition coefficient (Wildman–Crippen LogP) is 4.74. The van der Waals surface area contributed by atoms with Crippen LogP contribution in [0.3, 0.4) is 0 Å². The van der Waals surface area contributed by atoms with Gasteiger partial charge < -0.3 is 14.2 Å². The first-order valence-electron chi connectivity index (χ1n) is 10.4. The van der Waals surface area contributed by atoms with Crippen molar-refractivity contribution in [2.75, 3.05) is 5.32 Å². The van der Waals surface area contributed by atoms with Crippen LogP contribution < -0.4 is 10.6 Å². The van der Waals surface area contributed by atoms with E-state index >= 15 is 0 Å². The Hall–Kier alpha value is -4.44. The highest BCUT2D eigenvalue weighted by molar-refractivity contribution is 7.14. The molecule has 170 valence electrons. The molecule has 5 aromatic rings. The van der Waals surface area contributed by atoms with Crippen molar-refractivity contribution in [1.29, 1.82) is 0 Å². The molecule has 5 rings (SSSR count). The van der Waals surface area contributed by atoms with E-state index in [1.54, 1.807) is 46.7 Å². The zero-order valence-corrected chi connectivity index (χ0v) is 18.8. The number of anilines is 1. The van der Waals surface area contributed by atoms with Crippen molar-refractivity contribution < 1.29 is 18.4 Å². The number of amides is 2. The average Bonchev–Trinajstić information content (AvgIpc) is 3.64. The van der Waals surface area contributed by atoms with Gasteiger partial charge >= 0.3 is 0 Å². The molecule has 4 aromatic heterocycles. The van der Waals surface area contributed by atoms with Gasteiger partial charge in [-0.2, -0.15) is 5.10 Å². The van der Waals surface area contributed by atoms with Gasteiger partial charge in [-0.15, -0.1) is 11.3 Å². The molecule has 0 aliphatic carbocycles. The van der Waals surface area contributed by atoms with Gasteiger partial charge in [-0.3, -0.25) is 14.9 Å². The number of furan rings is 2. The van der Waals surface area contributed by atoms with Gasteiger partial charge in [0.25, 0.3) is 5.91 Å². The van der Waals surface area contributed by atoms with E-state index in [1.807, 2.05) is 30.3 Å². The molecule has 2 amide bonds. The number of nitrogens with zero attached hydrogens (tertiary/aromatic N) is 3. The Morgan fingerprint density at radius 2 is 1.88 bits per heavy atom. The lowest BCUT2D eigenvalue weighted by molar-refractivity contribution is -0.119. The van der Waals surface area contributed by atoms with Crippen LogP contribution in [0, 0.1) is 0 Å². The highest BCUT2D eigenvalue weighted by Gasteiger charge is 2.20. The predicted molar refractivity (Wildman–Crippen MR) is 127 cm³/mol. The molecular weight excluding hydrogens is 454 g/mol. The van der Waals surface area contributed by atoms with Crippen molar-refractivity contribution in [3.05, 3.63) is 83.8 Å².